The lowest BCUT2D eigenvalue weighted by Gasteiger charge is -2.23. The van der Waals surface area contributed by atoms with Crippen LogP contribution >= 0.6 is 15.9 Å². The van der Waals surface area contributed by atoms with E-state index in [0.29, 0.717) is 0 Å². The molecule has 0 aromatic heterocycles. The maximum atomic E-state index is 12.0. The SMILES string of the molecule is CC(C(N)=NO)N(C)C(=O)Cc1ccc(Br)cc1. The summed E-state index contributed by atoms with van der Waals surface area (Å²) >= 11 is 3.34. The molecule has 0 radical (unpaired) electrons. The molecule has 18 heavy (non-hydrogen) atoms. The molecule has 3 N–H and O–H groups in total. The Balaban J connectivity index is 2.68. The minimum atomic E-state index is -0.432. The monoisotopic (exact) mass is 313 g/mol. The van der Waals surface area contributed by atoms with Gasteiger partial charge in [-0.05, 0) is 24.6 Å². The molecular weight excluding hydrogens is 298 g/mol. The summed E-state index contributed by atoms with van der Waals surface area (Å²) < 4.78 is 0.970. The second-order valence-electron chi connectivity index (χ2n) is 4.01. The molecule has 1 rings (SSSR count). The van der Waals surface area contributed by atoms with Gasteiger partial charge in [0.1, 0.15) is 0 Å². The number of halogens is 1. The summed E-state index contributed by atoms with van der Waals surface area (Å²) in [6.07, 6.45) is 0.285. The highest BCUT2D eigenvalue weighted by Crippen LogP contribution is 2.12. The van der Waals surface area contributed by atoms with Crippen molar-refractivity contribution in [2.75, 3.05) is 7.05 Å². The van der Waals surface area contributed by atoms with Gasteiger partial charge in [-0.15, -0.1) is 0 Å². The van der Waals surface area contributed by atoms with Crippen LogP contribution in [0.2, 0.25) is 0 Å². The Labute approximate surface area is 114 Å². The fraction of sp³-hybridized carbons (Fsp3) is 0.333. The predicted molar refractivity (Wildman–Crippen MR) is 73.5 cm³/mol. The number of carbonyl (C=O) groups excluding carboxylic acids is 1. The summed E-state index contributed by atoms with van der Waals surface area (Å²) in [6, 6.07) is 7.09. The smallest absolute Gasteiger partial charge is 0.227 e. The number of amides is 1. The molecule has 1 aromatic carbocycles. The zero-order valence-corrected chi connectivity index (χ0v) is 11.9. The highest BCUT2D eigenvalue weighted by Gasteiger charge is 2.19. The van der Waals surface area contributed by atoms with E-state index in [4.69, 9.17) is 10.9 Å². The normalized spacial score (nSPS) is 13.2. The summed E-state index contributed by atoms with van der Waals surface area (Å²) in [5.74, 6) is -0.0712. The third-order valence-corrected chi connectivity index (χ3v) is 3.32. The molecule has 0 saturated heterocycles. The van der Waals surface area contributed by atoms with E-state index in [9.17, 15) is 4.79 Å². The first kappa shape index (κ1) is 14.5. The van der Waals surface area contributed by atoms with Crippen LogP contribution in [0.5, 0.6) is 0 Å². The number of amidine groups is 1. The lowest BCUT2D eigenvalue weighted by Crippen LogP contribution is -2.44. The number of hydrogen-bond donors (Lipinski definition) is 2. The van der Waals surface area contributed by atoms with Crippen LogP contribution in [-0.2, 0) is 11.2 Å². The largest absolute Gasteiger partial charge is 0.409 e. The van der Waals surface area contributed by atoms with Crippen LogP contribution in [0.15, 0.2) is 33.9 Å². The molecule has 5 nitrogen and oxygen atoms in total. The van der Waals surface area contributed by atoms with Crippen molar-refractivity contribution in [3.63, 3.8) is 0 Å². The summed E-state index contributed by atoms with van der Waals surface area (Å²) in [4.78, 5) is 13.4. The summed E-state index contributed by atoms with van der Waals surface area (Å²) in [6.45, 7) is 1.70. The second-order valence-corrected chi connectivity index (χ2v) is 4.92. The highest BCUT2D eigenvalue weighted by atomic mass is 79.9. The Morgan fingerprint density at radius 2 is 2.06 bits per heavy atom. The van der Waals surface area contributed by atoms with Gasteiger partial charge in [-0.25, -0.2) is 0 Å². The summed E-state index contributed by atoms with van der Waals surface area (Å²) in [5.41, 5.74) is 6.39. The van der Waals surface area contributed by atoms with E-state index in [-0.39, 0.29) is 18.2 Å². The average Bonchev–Trinajstić information content (AvgIpc) is 2.38. The van der Waals surface area contributed by atoms with Crippen molar-refractivity contribution in [2.24, 2.45) is 10.9 Å². The number of carbonyl (C=O) groups is 1. The van der Waals surface area contributed by atoms with Gasteiger partial charge in [0, 0.05) is 11.5 Å². The molecule has 1 unspecified atom stereocenters. The number of nitrogens with two attached hydrogens (primary N) is 1. The Morgan fingerprint density at radius 1 is 1.50 bits per heavy atom. The molecule has 1 aromatic rings. The number of oxime groups is 1. The van der Waals surface area contributed by atoms with Crippen LogP contribution in [0.25, 0.3) is 0 Å². The van der Waals surface area contributed by atoms with Gasteiger partial charge < -0.3 is 15.8 Å². The Bertz CT molecular complexity index is 445. The molecule has 1 atom stereocenters. The van der Waals surface area contributed by atoms with Gasteiger partial charge in [-0.1, -0.05) is 33.2 Å². The zero-order valence-electron chi connectivity index (χ0n) is 10.3. The van der Waals surface area contributed by atoms with E-state index in [1.807, 2.05) is 24.3 Å². The van der Waals surface area contributed by atoms with Crippen molar-refractivity contribution < 1.29 is 10.0 Å². The van der Waals surface area contributed by atoms with Crippen LogP contribution in [0.1, 0.15) is 12.5 Å². The second kappa shape index (κ2) is 6.39. The Kier molecular flexibility index (Phi) is 5.15. The lowest BCUT2D eigenvalue weighted by atomic mass is 10.1. The first-order chi connectivity index (χ1) is 8.45. The number of likely N-dealkylation sites (N-methyl/N-ethyl adjacent to an activating group) is 1. The van der Waals surface area contributed by atoms with E-state index >= 15 is 0 Å². The van der Waals surface area contributed by atoms with E-state index in [1.165, 1.54) is 4.90 Å². The van der Waals surface area contributed by atoms with Crippen molar-refractivity contribution in [1.29, 1.82) is 0 Å². The lowest BCUT2D eigenvalue weighted by molar-refractivity contribution is -0.129. The van der Waals surface area contributed by atoms with E-state index in [0.717, 1.165) is 10.0 Å². The number of hydrogen-bond acceptors (Lipinski definition) is 3. The number of rotatable bonds is 4. The van der Waals surface area contributed by atoms with Crippen molar-refractivity contribution in [1.82, 2.24) is 4.90 Å². The van der Waals surface area contributed by atoms with E-state index in [1.54, 1.807) is 14.0 Å². The van der Waals surface area contributed by atoms with Gasteiger partial charge >= 0.3 is 0 Å². The first-order valence-electron chi connectivity index (χ1n) is 5.43. The third-order valence-electron chi connectivity index (χ3n) is 2.79. The van der Waals surface area contributed by atoms with Crippen molar-refractivity contribution in [3.8, 4) is 0 Å². The van der Waals surface area contributed by atoms with Crippen LogP contribution < -0.4 is 5.73 Å². The molecule has 6 heteroatoms. The summed E-state index contributed by atoms with van der Waals surface area (Å²) in [5, 5.41) is 11.5. The van der Waals surface area contributed by atoms with Crippen LogP contribution in [0.3, 0.4) is 0 Å². The molecule has 0 bridgehead atoms. The van der Waals surface area contributed by atoms with Crippen LogP contribution in [0.4, 0.5) is 0 Å². The summed E-state index contributed by atoms with van der Waals surface area (Å²) in [7, 11) is 1.63. The van der Waals surface area contributed by atoms with Crippen molar-refractivity contribution in [2.45, 2.75) is 19.4 Å². The average molecular weight is 314 g/mol. The third kappa shape index (κ3) is 3.73. The molecule has 1 amide bonds. The minimum absolute atomic E-state index is 0.0154. The maximum absolute atomic E-state index is 12.0. The fourth-order valence-electron chi connectivity index (χ4n) is 1.40. The number of benzene rings is 1. The van der Waals surface area contributed by atoms with E-state index < -0.39 is 6.04 Å². The molecule has 0 fully saturated rings. The fourth-order valence-corrected chi connectivity index (χ4v) is 1.66. The van der Waals surface area contributed by atoms with Crippen molar-refractivity contribution in [3.05, 3.63) is 34.3 Å². The van der Waals surface area contributed by atoms with Gasteiger partial charge in [-0.3, -0.25) is 4.79 Å². The van der Waals surface area contributed by atoms with Gasteiger partial charge in [-0.2, -0.15) is 0 Å². The topological polar surface area (TPSA) is 78.9 Å². The molecule has 0 saturated carbocycles. The quantitative estimate of drug-likeness (QED) is 0.383. The minimum Gasteiger partial charge on any atom is -0.409 e. The standard InChI is InChI=1S/C12H16BrN3O2/c1-8(12(14)15-18)16(2)11(17)7-9-3-5-10(13)6-4-9/h3-6,8,18H,7H2,1-2H3,(H2,14,15). The Hall–Kier alpha value is -1.56. The molecule has 0 aliphatic rings. The van der Waals surface area contributed by atoms with Gasteiger partial charge in [0.2, 0.25) is 5.91 Å². The molecule has 0 heterocycles. The van der Waals surface area contributed by atoms with Crippen LogP contribution in [0, 0.1) is 0 Å². The van der Waals surface area contributed by atoms with Gasteiger partial charge in [0.05, 0.1) is 12.5 Å². The molecule has 98 valence electrons. The van der Waals surface area contributed by atoms with Gasteiger partial charge in [0.25, 0.3) is 0 Å². The van der Waals surface area contributed by atoms with Crippen molar-refractivity contribution >= 4 is 27.7 Å². The predicted octanol–water partition coefficient (Wildman–Crippen LogP) is 1.58. The van der Waals surface area contributed by atoms with E-state index in [2.05, 4.69) is 21.1 Å². The molecule has 0 aliphatic carbocycles. The molecule has 0 spiro atoms. The molecular formula is C12H16BrN3O2. The van der Waals surface area contributed by atoms with Gasteiger partial charge in [0.15, 0.2) is 5.84 Å². The zero-order chi connectivity index (χ0) is 13.7. The molecule has 0 aliphatic heterocycles. The Morgan fingerprint density at radius 3 is 2.56 bits per heavy atom. The first-order valence-corrected chi connectivity index (χ1v) is 6.22. The van der Waals surface area contributed by atoms with Crippen LogP contribution in [-0.4, -0.2) is 34.9 Å². The highest BCUT2D eigenvalue weighted by molar-refractivity contribution is 9.10. The number of nitrogens with zero attached hydrogens (tertiary/aromatic N) is 2. The maximum Gasteiger partial charge on any atom is 0.227 e.